The van der Waals surface area contributed by atoms with Crippen LogP contribution in [0.15, 0.2) is 71.6 Å². The molecular weight excluding hydrogens is 585 g/mol. The highest BCUT2D eigenvalue weighted by Crippen LogP contribution is 2.28. The molecule has 0 radical (unpaired) electrons. The van der Waals surface area contributed by atoms with Crippen LogP contribution in [0.1, 0.15) is 38.3 Å². The van der Waals surface area contributed by atoms with Gasteiger partial charge < -0.3 is 15.0 Å². The van der Waals surface area contributed by atoms with Gasteiger partial charge in [0.25, 0.3) is 10.0 Å². The number of hydrogen-bond acceptors (Lipinski definition) is 5. The van der Waals surface area contributed by atoms with E-state index in [1.165, 1.54) is 24.1 Å². The molecule has 220 valence electrons. The first-order chi connectivity index (χ1) is 19.4. The monoisotopic (exact) mass is 619 g/mol. The summed E-state index contributed by atoms with van der Waals surface area (Å²) in [4.78, 5) is 28.7. The maximum absolute atomic E-state index is 14.1. The van der Waals surface area contributed by atoms with Crippen LogP contribution in [0.4, 0.5) is 5.69 Å². The number of aryl methyl sites for hydroxylation is 1. The number of benzene rings is 3. The van der Waals surface area contributed by atoms with Gasteiger partial charge in [-0.25, -0.2) is 8.42 Å². The van der Waals surface area contributed by atoms with E-state index in [9.17, 15) is 18.0 Å². The molecule has 2 amide bonds. The number of anilines is 1. The third-order valence-corrected chi connectivity index (χ3v) is 8.93. The van der Waals surface area contributed by atoms with Gasteiger partial charge in [0, 0.05) is 12.6 Å². The summed E-state index contributed by atoms with van der Waals surface area (Å²) < 4.78 is 34.1. The SMILES string of the molecule is CC[C@H](C(=O)NC(C)C)N(Cc1ccc(Cl)c(Cl)c1)C(=O)CN(c1ccc(OC)cc1)S(=O)(=O)c1ccc(C)cc1. The molecular formula is C30H35Cl2N3O5S. The topological polar surface area (TPSA) is 96.0 Å². The summed E-state index contributed by atoms with van der Waals surface area (Å²) >= 11 is 12.3. The Labute approximate surface area is 252 Å². The summed E-state index contributed by atoms with van der Waals surface area (Å²) in [7, 11) is -2.66. The molecule has 11 heteroatoms. The van der Waals surface area contributed by atoms with Crippen LogP contribution < -0.4 is 14.4 Å². The van der Waals surface area contributed by atoms with Crippen LogP contribution in [-0.2, 0) is 26.2 Å². The minimum absolute atomic E-state index is 0.0147. The second-order valence-corrected chi connectivity index (χ2v) is 12.6. The van der Waals surface area contributed by atoms with E-state index in [0.717, 1.165) is 9.87 Å². The Morgan fingerprint density at radius 1 is 0.951 bits per heavy atom. The maximum Gasteiger partial charge on any atom is 0.264 e. The van der Waals surface area contributed by atoms with E-state index in [0.29, 0.717) is 27.8 Å². The highest BCUT2D eigenvalue weighted by molar-refractivity contribution is 7.92. The third-order valence-electron chi connectivity index (χ3n) is 6.40. The highest BCUT2D eigenvalue weighted by atomic mass is 35.5. The second-order valence-electron chi connectivity index (χ2n) is 9.88. The third kappa shape index (κ3) is 8.15. The summed E-state index contributed by atoms with van der Waals surface area (Å²) in [5.41, 5.74) is 1.81. The number of nitrogens with zero attached hydrogens (tertiary/aromatic N) is 2. The smallest absolute Gasteiger partial charge is 0.264 e. The van der Waals surface area contributed by atoms with Crippen LogP contribution >= 0.6 is 23.2 Å². The van der Waals surface area contributed by atoms with Crippen molar-refractivity contribution in [2.75, 3.05) is 18.0 Å². The van der Waals surface area contributed by atoms with Gasteiger partial charge >= 0.3 is 0 Å². The number of ether oxygens (including phenoxy) is 1. The average molecular weight is 621 g/mol. The number of rotatable bonds is 12. The molecule has 3 aromatic carbocycles. The van der Waals surface area contributed by atoms with Crippen LogP contribution in [0.3, 0.4) is 0 Å². The molecule has 41 heavy (non-hydrogen) atoms. The Bertz CT molecular complexity index is 1460. The van der Waals surface area contributed by atoms with Gasteiger partial charge in [-0.3, -0.25) is 13.9 Å². The molecule has 1 N–H and O–H groups in total. The first-order valence-electron chi connectivity index (χ1n) is 13.1. The van der Waals surface area contributed by atoms with Crippen LogP contribution in [-0.4, -0.2) is 50.9 Å². The van der Waals surface area contributed by atoms with Crippen molar-refractivity contribution in [2.24, 2.45) is 0 Å². The number of halogens is 2. The van der Waals surface area contributed by atoms with Crippen molar-refractivity contribution < 1.29 is 22.7 Å². The van der Waals surface area contributed by atoms with Gasteiger partial charge in [0.2, 0.25) is 11.8 Å². The summed E-state index contributed by atoms with van der Waals surface area (Å²) in [6, 6.07) is 16.7. The lowest BCUT2D eigenvalue weighted by molar-refractivity contribution is -0.140. The van der Waals surface area contributed by atoms with Gasteiger partial charge in [0.15, 0.2) is 0 Å². The fraction of sp³-hybridized carbons (Fsp3) is 0.333. The van der Waals surface area contributed by atoms with Gasteiger partial charge in [-0.05, 0) is 81.3 Å². The van der Waals surface area contributed by atoms with Gasteiger partial charge in [0.05, 0.1) is 27.7 Å². The molecule has 0 aliphatic rings. The zero-order valence-corrected chi connectivity index (χ0v) is 26.1. The minimum atomic E-state index is -4.17. The minimum Gasteiger partial charge on any atom is -0.497 e. The molecule has 0 heterocycles. The van der Waals surface area contributed by atoms with E-state index in [-0.39, 0.29) is 29.1 Å². The fourth-order valence-electron chi connectivity index (χ4n) is 4.25. The standard InChI is InChI=1S/C30H35Cl2N3O5S/c1-6-28(30(37)33-20(2)3)34(18-22-9-16-26(31)27(32)17-22)29(36)19-35(23-10-12-24(40-5)13-11-23)41(38,39)25-14-7-21(4)8-15-25/h7-17,20,28H,6,18-19H2,1-5H3,(H,33,37)/t28-/m1/s1. The van der Waals surface area contributed by atoms with Crippen LogP contribution in [0.25, 0.3) is 0 Å². The predicted molar refractivity (Wildman–Crippen MR) is 163 cm³/mol. The molecule has 0 bridgehead atoms. The molecule has 0 saturated heterocycles. The Morgan fingerprint density at radius 3 is 2.12 bits per heavy atom. The number of carbonyl (C=O) groups excluding carboxylic acids is 2. The molecule has 0 spiro atoms. The van der Waals surface area contributed by atoms with E-state index in [1.54, 1.807) is 61.5 Å². The van der Waals surface area contributed by atoms with Gasteiger partial charge in [-0.2, -0.15) is 0 Å². The van der Waals surface area contributed by atoms with Crippen molar-refractivity contribution in [1.29, 1.82) is 0 Å². The van der Waals surface area contributed by atoms with E-state index in [1.807, 2.05) is 20.8 Å². The van der Waals surface area contributed by atoms with Crippen molar-refractivity contribution in [3.63, 3.8) is 0 Å². The largest absolute Gasteiger partial charge is 0.497 e. The highest BCUT2D eigenvalue weighted by Gasteiger charge is 2.34. The van der Waals surface area contributed by atoms with E-state index < -0.39 is 28.5 Å². The second kappa shape index (κ2) is 14.1. The molecule has 3 aromatic rings. The lowest BCUT2D eigenvalue weighted by atomic mass is 10.1. The number of methoxy groups -OCH3 is 1. The summed E-state index contributed by atoms with van der Waals surface area (Å²) in [6.07, 6.45) is 0.304. The van der Waals surface area contributed by atoms with Gasteiger partial charge in [-0.15, -0.1) is 0 Å². The Morgan fingerprint density at radius 2 is 1.59 bits per heavy atom. The first-order valence-corrected chi connectivity index (χ1v) is 15.3. The number of nitrogens with one attached hydrogen (secondary N) is 1. The van der Waals surface area contributed by atoms with E-state index in [4.69, 9.17) is 27.9 Å². The Kier molecular flexibility index (Phi) is 11.1. The van der Waals surface area contributed by atoms with Gasteiger partial charge in [0.1, 0.15) is 18.3 Å². The van der Waals surface area contributed by atoms with Crippen LogP contribution in [0.5, 0.6) is 5.75 Å². The van der Waals surface area contributed by atoms with Crippen molar-refractivity contribution in [1.82, 2.24) is 10.2 Å². The average Bonchev–Trinajstić information content (AvgIpc) is 2.93. The van der Waals surface area contributed by atoms with Crippen molar-refractivity contribution in [3.8, 4) is 5.75 Å². The molecule has 0 fully saturated rings. The zero-order valence-electron chi connectivity index (χ0n) is 23.7. The van der Waals surface area contributed by atoms with Crippen LogP contribution in [0.2, 0.25) is 10.0 Å². The van der Waals surface area contributed by atoms with Gasteiger partial charge in [-0.1, -0.05) is 53.9 Å². The molecule has 8 nitrogen and oxygen atoms in total. The Hall–Kier alpha value is -3.27. The number of hydrogen-bond donors (Lipinski definition) is 1. The zero-order chi connectivity index (χ0) is 30.3. The van der Waals surface area contributed by atoms with Crippen molar-refractivity contribution in [3.05, 3.63) is 87.9 Å². The first kappa shape index (κ1) is 32.2. The summed E-state index contributed by atoms with van der Waals surface area (Å²) in [5, 5.41) is 3.53. The molecule has 0 unspecified atom stereocenters. The van der Waals surface area contributed by atoms with E-state index in [2.05, 4.69) is 5.32 Å². The van der Waals surface area contributed by atoms with E-state index >= 15 is 0 Å². The Balaban J connectivity index is 2.08. The van der Waals surface area contributed by atoms with Crippen molar-refractivity contribution in [2.45, 2.75) is 57.6 Å². The maximum atomic E-state index is 14.1. The van der Waals surface area contributed by atoms with Crippen molar-refractivity contribution >= 4 is 50.7 Å². The summed E-state index contributed by atoms with van der Waals surface area (Å²) in [5.74, 6) is -0.368. The fourth-order valence-corrected chi connectivity index (χ4v) is 5.98. The summed E-state index contributed by atoms with van der Waals surface area (Å²) in [6.45, 7) is 6.78. The number of carbonyl (C=O) groups is 2. The normalized spacial score (nSPS) is 12.1. The number of amides is 2. The predicted octanol–water partition coefficient (Wildman–Crippen LogP) is 5.84. The molecule has 0 aliphatic heterocycles. The van der Waals surface area contributed by atoms with Crippen LogP contribution in [0, 0.1) is 6.92 Å². The molecule has 3 rings (SSSR count). The molecule has 0 aromatic heterocycles. The number of sulfonamides is 1. The quantitative estimate of drug-likeness (QED) is 0.275. The molecule has 1 atom stereocenters. The lowest BCUT2D eigenvalue weighted by Crippen LogP contribution is -2.53. The molecule has 0 saturated carbocycles. The lowest BCUT2D eigenvalue weighted by Gasteiger charge is -2.33. The molecule has 0 aliphatic carbocycles.